The van der Waals surface area contributed by atoms with Gasteiger partial charge in [-0.25, -0.2) is 4.79 Å². The molecular formula is C25H27F3N2O4. The number of alkyl halides is 3. The second-order valence-electron chi connectivity index (χ2n) is 8.64. The maximum Gasteiger partial charge on any atom is 0.390 e. The molecular weight excluding hydrogens is 449 g/mol. The van der Waals surface area contributed by atoms with E-state index >= 15 is 0 Å². The number of aromatic amines is 1. The number of H-pyrrole nitrogens is 1. The molecule has 0 radical (unpaired) electrons. The van der Waals surface area contributed by atoms with Crippen LogP contribution in [0.25, 0.3) is 10.9 Å². The number of nitrogens with zero attached hydrogens (tertiary/aromatic N) is 1. The molecule has 2 atom stereocenters. The molecule has 1 saturated heterocycles. The van der Waals surface area contributed by atoms with Crippen molar-refractivity contribution in [3.05, 3.63) is 59.3 Å². The van der Waals surface area contributed by atoms with E-state index in [-0.39, 0.29) is 24.1 Å². The number of likely N-dealkylation sites (tertiary alicyclic amines) is 1. The highest BCUT2D eigenvalue weighted by Gasteiger charge is 2.35. The molecule has 1 fully saturated rings. The Balaban J connectivity index is 1.65. The van der Waals surface area contributed by atoms with Crippen molar-refractivity contribution < 1.29 is 32.5 Å². The molecule has 2 heterocycles. The van der Waals surface area contributed by atoms with Crippen LogP contribution in [0.15, 0.2) is 42.6 Å². The average molecular weight is 476 g/mol. The molecule has 0 bridgehead atoms. The van der Waals surface area contributed by atoms with Crippen LogP contribution in [0.1, 0.15) is 40.2 Å². The van der Waals surface area contributed by atoms with Gasteiger partial charge < -0.3 is 24.5 Å². The second kappa shape index (κ2) is 9.58. The summed E-state index contributed by atoms with van der Waals surface area (Å²) in [6, 6.07) is 10.3. The van der Waals surface area contributed by atoms with E-state index in [9.17, 15) is 23.1 Å². The molecule has 6 nitrogen and oxygen atoms in total. The maximum absolute atomic E-state index is 12.8. The van der Waals surface area contributed by atoms with Crippen molar-refractivity contribution in [2.45, 2.75) is 38.0 Å². The predicted octanol–water partition coefficient (Wildman–Crippen LogP) is 5.37. The van der Waals surface area contributed by atoms with Gasteiger partial charge >= 0.3 is 12.1 Å². The van der Waals surface area contributed by atoms with Gasteiger partial charge in [-0.2, -0.15) is 13.2 Å². The number of aromatic nitrogens is 1. The van der Waals surface area contributed by atoms with Gasteiger partial charge in [0.25, 0.3) is 0 Å². The largest absolute Gasteiger partial charge is 0.493 e. The summed E-state index contributed by atoms with van der Waals surface area (Å²) in [5.41, 5.74) is 2.91. The van der Waals surface area contributed by atoms with Crippen LogP contribution >= 0.6 is 0 Å². The first kappa shape index (κ1) is 23.9. The summed E-state index contributed by atoms with van der Waals surface area (Å²) in [4.78, 5) is 16.3. The molecule has 0 spiro atoms. The monoisotopic (exact) mass is 476 g/mol. The van der Waals surface area contributed by atoms with Crippen LogP contribution in [0.5, 0.6) is 11.5 Å². The lowest BCUT2D eigenvalue weighted by atomic mass is 9.87. The topological polar surface area (TPSA) is 74.8 Å². The highest BCUT2D eigenvalue weighted by atomic mass is 19.4. The number of carboxylic acids is 1. The quantitative estimate of drug-likeness (QED) is 0.480. The van der Waals surface area contributed by atoms with Crippen LogP contribution in [0.2, 0.25) is 0 Å². The van der Waals surface area contributed by atoms with Crippen LogP contribution < -0.4 is 9.47 Å². The third kappa shape index (κ3) is 5.14. The molecule has 0 saturated carbocycles. The van der Waals surface area contributed by atoms with Crippen LogP contribution in [-0.2, 0) is 0 Å². The summed E-state index contributed by atoms with van der Waals surface area (Å²) in [6.07, 6.45) is -3.08. The molecule has 3 aromatic rings. The van der Waals surface area contributed by atoms with Gasteiger partial charge in [-0.1, -0.05) is 12.1 Å². The fourth-order valence-electron chi connectivity index (χ4n) is 4.60. The van der Waals surface area contributed by atoms with E-state index in [2.05, 4.69) is 4.98 Å². The summed E-state index contributed by atoms with van der Waals surface area (Å²) in [6.45, 7) is 2.72. The van der Waals surface area contributed by atoms with Crippen molar-refractivity contribution in [1.29, 1.82) is 0 Å². The Bertz CT molecular complexity index is 1160. The molecule has 1 aliphatic rings. The number of methoxy groups -OCH3 is 1. The molecule has 1 aromatic heterocycles. The van der Waals surface area contributed by atoms with Gasteiger partial charge in [0.15, 0.2) is 11.5 Å². The number of nitrogens with one attached hydrogen (secondary N) is 1. The first-order valence-electron chi connectivity index (χ1n) is 11.1. The van der Waals surface area contributed by atoms with E-state index in [0.29, 0.717) is 31.0 Å². The number of benzene rings is 2. The number of carbonyl (C=O) groups is 1. The van der Waals surface area contributed by atoms with E-state index in [1.165, 1.54) is 12.1 Å². The third-order valence-electron chi connectivity index (χ3n) is 6.38. The number of ether oxygens (including phenoxy) is 2. The lowest BCUT2D eigenvalue weighted by Crippen LogP contribution is -2.45. The number of aromatic carboxylic acids is 1. The van der Waals surface area contributed by atoms with E-state index in [0.717, 1.165) is 22.0 Å². The van der Waals surface area contributed by atoms with Gasteiger partial charge in [-0.05, 0) is 48.7 Å². The molecule has 2 N–H and O–H groups in total. The zero-order chi connectivity index (χ0) is 24.5. The smallest absolute Gasteiger partial charge is 0.390 e. The Morgan fingerprint density at radius 2 is 1.97 bits per heavy atom. The molecule has 2 aromatic carbocycles. The van der Waals surface area contributed by atoms with E-state index in [1.54, 1.807) is 24.1 Å². The third-order valence-corrected chi connectivity index (χ3v) is 6.38. The lowest BCUT2D eigenvalue weighted by molar-refractivity contribution is -0.139. The zero-order valence-electron chi connectivity index (χ0n) is 19.0. The minimum Gasteiger partial charge on any atom is -0.493 e. The predicted molar refractivity (Wildman–Crippen MR) is 122 cm³/mol. The number of fused-ring (bicyclic) bond motifs is 1. The highest BCUT2D eigenvalue weighted by Crippen LogP contribution is 2.41. The summed E-state index contributed by atoms with van der Waals surface area (Å²) in [7, 11) is 1.57. The van der Waals surface area contributed by atoms with Gasteiger partial charge in [0.2, 0.25) is 0 Å². The molecule has 0 amide bonds. The van der Waals surface area contributed by atoms with Gasteiger partial charge in [0, 0.05) is 37.1 Å². The van der Waals surface area contributed by atoms with Crippen LogP contribution in [0.4, 0.5) is 13.2 Å². The number of aryl methyl sites for hydroxylation is 1. The van der Waals surface area contributed by atoms with E-state index < -0.39 is 18.6 Å². The van der Waals surface area contributed by atoms with Crippen LogP contribution in [-0.4, -0.2) is 60.0 Å². The van der Waals surface area contributed by atoms with Crippen LogP contribution in [0, 0.1) is 6.92 Å². The summed E-state index contributed by atoms with van der Waals surface area (Å²) < 4.78 is 50.6. The molecule has 1 aliphatic heterocycles. The van der Waals surface area contributed by atoms with Crippen molar-refractivity contribution in [3.63, 3.8) is 0 Å². The molecule has 0 unspecified atom stereocenters. The molecule has 9 heteroatoms. The Morgan fingerprint density at radius 1 is 1.24 bits per heavy atom. The first-order chi connectivity index (χ1) is 16.2. The van der Waals surface area contributed by atoms with Crippen molar-refractivity contribution >= 4 is 16.9 Å². The summed E-state index contributed by atoms with van der Waals surface area (Å²) in [5, 5.41) is 10.1. The standard InChI is InChI=1S/C25H27F3N2O4/c1-15-13-21(33-2)23(18-7-10-29-22(15)18)34-20-8-11-30(12-9-25(26,27)28)14-19(20)16-3-5-17(6-4-16)24(31)32/h3-7,10,13,19-20,29H,8-9,11-12,14H2,1-2H3,(H,31,32)/t19-,20+/m1/s1. The molecule has 4 rings (SSSR count). The fraction of sp³-hybridized carbons (Fsp3) is 0.400. The number of halogens is 3. The van der Waals surface area contributed by atoms with Gasteiger partial charge in [0.1, 0.15) is 6.10 Å². The Labute approximate surface area is 195 Å². The average Bonchev–Trinajstić information content (AvgIpc) is 3.30. The minimum absolute atomic E-state index is 0.0875. The minimum atomic E-state index is -4.22. The Kier molecular flexibility index (Phi) is 6.74. The fourth-order valence-corrected chi connectivity index (χ4v) is 4.60. The molecule has 182 valence electrons. The second-order valence-corrected chi connectivity index (χ2v) is 8.64. The van der Waals surface area contributed by atoms with Gasteiger partial charge in [0.05, 0.1) is 24.6 Å². The van der Waals surface area contributed by atoms with Crippen LogP contribution in [0.3, 0.4) is 0 Å². The molecule has 34 heavy (non-hydrogen) atoms. The van der Waals surface area contributed by atoms with E-state index in [4.69, 9.17) is 9.47 Å². The first-order valence-corrected chi connectivity index (χ1v) is 11.1. The summed E-state index contributed by atoms with van der Waals surface area (Å²) >= 11 is 0. The van der Waals surface area contributed by atoms with Crippen molar-refractivity contribution in [3.8, 4) is 11.5 Å². The van der Waals surface area contributed by atoms with Crippen molar-refractivity contribution in [2.24, 2.45) is 0 Å². The lowest BCUT2D eigenvalue weighted by Gasteiger charge is -2.39. The number of piperidine rings is 1. The number of carboxylic acid groups (broad SMARTS) is 1. The number of rotatable bonds is 7. The van der Waals surface area contributed by atoms with Crippen molar-refractivity contribution in [1.82, 2.24) is 9.88 Å². The Hall–Kier alpha value is -3.20. The molecule has 0 aliphatic carbocycles. The normalized spacial score (nSPS) is 19.3. The van der Waals surface area contributed by atoms with Crippen molar-refractivity contribution in [2.75, 3.05) is 26.7 Å². The number of hydrogen-bond acceptors (Lipinski definition) is 4. The highest BCUT2D eigenvalue weighted by molar-refractivity contribution is 5.91. The number of hydrogen-bond donors (Lipinski definition) is 2. The Morgan fingerprint density at radius 3 is 2.62 bits per heavy atom. The maximum atomic E-state index is 12.8. The SMILES string of the molecule is COc1cc(C)c2[nH]ccc2c1O[C@H]1CCN(CCC(F)(F)F)C[C@@H]1c1ccc(C(=O)O)cc1. The summed E-state index contributed by atoms with van der Waals surface area (Å²) in [5.74, 6) is -0.104. The zero-order valence-corrected chi connectivity index (χ0v) is 19.0. The van der Waals surface area contributed by atoms with E-state index in [1.807, 2.05) is 25.3 Å². The van der Waals surface area contributed by atoms with Gasteiger partial charge in [-0.3, -0.25) is 0 Å². The van der Waals surface area contributed by atoms with Gasteiger partial charge in [-0.15, -0.1) is 0 Å².